The summed E-state index contributed by atoms with van der Waals surface area (Å²) in [5.41, 5.74) is 6.92. The third kappa shape index (κ3) is 4.18. The van der Waals surface area contributed by atoms with Crippen LogP contribution in [0, 0.1) is 3.57 Å². The highest BCUT2D eigenvalue weighted by Crippen LogP contribution is 2.18. The molecule has 6 nitrogen and oxygen atoms in total. The van der Waals surface area contributed by atoms with Gasteiger partial charge in [-0.25, -0.2) is 0 Å². The maximum absolute atomic E-state index is 12.1. The van der Waals surface area contributed by atoms with Crippen LogP contribution in [0.4, 0.5) is 0 Å². The van der Waals surface area contributed by atoms with E-state index in [4.69, 9.17) is 11.6 Å². The number of aromatic amines is 1. The third-order valence-electron chi connectivity index (χ3n) is 3.36. The molecule has 1 heterocycles. The second kappa shape index (κ2) is 7.66. The van der Waals surface area contributed by atoms with Gasteiger partial charge in [-0.3, -0.25) is 25.5 Å². The molecule has 3 aromatic rings. The molecule has 25 heavy (non-hydrogen) atoms. The lowest BCUT2D eigenvalue weighted by molar-refractivity contribution is 0.0843. The summed E-state index contributed by atoms with van der Waals surface area (Å²) < 4.78 is 0.685. The number of hydrogen-bond donors (Lipinski definition) is 3. The summed E-state index contributed by atoms with van der Waals surface area (Å²) in [5, 5.41) is 7.29. The quantitative estimate of drug-likeness (QED) is 0.408. The lowest BCUT2D eigenvalue weighted by atomic mass is 10.1. The first-order chi connectivity index (χ1) is 12.0. The van der Waals surface area contributed by atoms with E-state index in [2.05, 4.69) is 21.0 Å². The SMILES string of the molecule is O=C(NNC(=O)c1ccc(Cl)cc1I)c1cc(-c2ccccc2)n[nH]1. The summed E-state index contributed by atoms with van der Waals surface area (Å²) in [7, 11) is 0. The number of hydrazine groups is 1. The average Bonchev–Trinajstić information content (AvgIpc) is 3.10. The first-order valence-electron chi connectivity index (χ1n) is 7.21. The zero-order valence-corrected chi connectivity index (χ0v) is 15.6. The number of halogens is 2. The Hall–Kier alpha value is -2.39. The number of rotatable bonds is 3. The molecule has 0 atom stereocenters. The Labute approximate surface area is 162 Å². The molecule has 0 radical (unpaired) electrons. The van der Waals surface area contributed by atoms with Gasteiger partial charge in [-0.1, -0.05) is 41.9 Å². The Bertz CT molecular complexity index is 927. The van der Waals surface area contributed by atoms with Crippen molar-refractivity contribution in [3.05, 3.63) is 74.4 Å². The number of H-pyrrole nitrogens is 1. The number of nitrogens with one attached hydrogen (secondary N) is 3. The topological polar surface area (TPSA) is 86.9 Å². The van der Waals surface area contributed by atoms with Crippen molar-refractivity contribution in [2.24, 2.45) is 0 Å². The zero-order valence-electron chi connectivity index (χ0n) is 12.7. The van der Waals surface area contributed by atoms with E-state index in [-0.39, 0.29) is 5.69 Å². The maximum Gasteiger partial charge on any atom is 0.287 e. The van der Waals surface area contributed by atoms with Crippen molar-refractivity contribution in [2.75, 3.05) is 0 Å². The van der Waals surface area contributed by atoms with E-state index in [1.54, 1.807) is 24.3 Å². The van der Waals surface area contributed by atoms with E-state index in [0.717, 1.165) is 5.56 Å². The van der Waals surface area contributed by atoms with Crippen LogP contribution in [-0.4, -0.2) is 22.0 Å². The van der Waals surface area contributed by atoms with Crippen LogP contribution in [0.1, 0.15) is 20.8 Å². The van der Waals surface area contributed by atoms with Crippen molar-refractivity contribution in [3.63, 3.8) is 0 Å². The fourth-order valence-corrected chi connectivity index (χ4v) is 3.23. The molecule has 0 unspecified atom stereocenters. The lowest BCUT2D eigenvalue weighted by Gasteiger charge is -2.07. The molecule has 0 bridgehead atoms. The zero-order chi connectivity index (χ0) is 17.8. The monoisotopic (exact) mass is 466 g/mol. The molecule has 8 heteroatoms. The first kappa shape index (κ1) is 17.4. The van der Waals surface area contributed by atoms with Gasteiger partial charge in [0.25, 0.3) is 11.8 Å². The van der Waals surface area contributed by atoms with Crippen LogP contribution in [0.3, 0.4) is 0 Å². The van der Waals surface area contributed by atoms with Crippen molar-refractivity contribution >= 4 is 46.0 Å². The maximum atomic E-state index is 12.1. The van der Waals surface area contributed by atoms with Crippen molar-refractivity contribution in [1.82, 2.24) is 21.0 Å². The van der Waals surface area contributed by atoms with Gasteiger partial charge in [-0.15, -0.1) is 0 Å². The summed E-state index contributed by atoms with van der Waals surface area (Å²) >= 11 is 7.87. The van der Waals surface area contributed by atoms with Gasteiger partial charge >= 0.3 is 0 Å². The second-order valence-corrected chi connectivity index (χ2v) is 6.66. The summed E-state index contributed by atoms with van der Waals surface area (Å²) in [6, 6.07) is 15.9. The van der Waals surface area contributed by atoms with E-state index >= 15 is 0 Å². The van der Waals surface area contributed by atoms with E-state index in [1.807, 2.05) is 52.9 Å². The van der Waals surface area contributed by atoms with Gasteiger partial charge in [0.1, 0.15) is 5.69 Å². The Balaban J connectivity index is 1.65. The highest BCUT2D eigenvalue weighted by atomic mass is 127. The number of nitrogens with zero attached hydrogens (tertiary/aromatic N) is 1. The van der Waals surface area contributed by atoms with Crippen LogP contribution in [0.2, 0.25) is 5.02 Å². The number of benzene rings is 2. The van der Waals surface area contributed by atoms with Crippen LogP contribution in [0.5, 0.6) is 0 Å². The molecule has 3 N–H and O–H groups in total. The minimum Gasteiger partial charge on any atom is -0.272 e. The van der Waals surface area contributed by atoms with E-state index in [9.17, 15) is 9.59 Å². The van der Waals surface area contributed by atoms with Gasteiger partial charge in [0.05, 0.1) is 11.3 Å². The van der Waals surface area contributed by atoms with E-state index < -0.39 is 11.8 Å². The molecule has 1 aromatic heterocycles. The summed E-state index contributed by atoms with van der Waals surface area (Å²) in [6.07, 6.45) is 0. The molecule has 3 rings (SSSR count). The lowest BCUT2D eigenvalue weighted by Crippen LogP contribution is -2.42. The molecule has 2 aromatic carbocycles. The van der Waals surface area contributed by atoms with Crippen LogP contribution < -0.4 is 10.9 Å². The van der Waals surface area contributed by atoms with Crippen LogP contribution in [-0.2, 0) is 0 Å². The van der Waals surface area contributed by atoms with Gasteiger partial charge in [0, 0.05) is 14.2 Å². The van der Waals surface area contributed by atoms with Crippen molar-refractivity contribution < 1.29 is 9.59 Å². The van der Waals surface area contributed by atoms with Gasteiger partial charge < -0.3 is 0 Å². The second-order valence-electron chi connectivity index (χ2n) is 5.07. The van der Waals surface area contributed by atoms with E-state index in [0.29, 0.717) is 19.9 Å². The number of hydrogen-bond acceptors (Lipinski definition) is 3. The minimum absolute atomic E-state index is 0.241. The molecular formula is C17H12ClIN4O2. The number of carbonyl (C=O) groups is 2. The number of aromatic nitrogens is 2. The first-order valence-corrected chi connectivity index (χ1v) is 8.67. The fourth-order valence-electron chi connectivity index (χ4n) is 2.12. The van der Waals surface area contributed by atoms with Crippen molar-refractivity contribution in [1.29, 1.82) is 0 Å². The molecule has 0 saturated carbocycles. The highest BCUT2D eigenvalue weighted by Gasteiger charge is 2.14. The van der Waals surface area contributed by atoms with Crippen LogP contribution >= 0.6 is 34.2 Å². The summed E-state index contributed by atoms with van der Waals surface area (Å²) in [5.74, 6) is -0.927. The van der Waals surface area contributed by atoms with Gasteiger partial charge in [0.15, 0.2) is 0 Å². The Morgan fingerprint density at radius 3 is 2.44 bits per heavy atom. The highest BCUT2D eigenvalue weighted by molar-refractivity contribution is 14.1. The summed E-state index contributed by atoms with van der Waals surface area (Å²) in [4.78, 5) is 24.3. The molecule has 126 valence electrons. The molecule has 0 aliphatic heterocycles. The standard InChI is InChI=1S/C17H12ClIN4O2/c18-11-6-7-12(13(19)8-11)16(24)22-23-17(25)15-9-14(20-21-15)10-4-2-1-3-5-10/h1-9H,(H,20,21)(H,22,24)(H,23,25). The molecule has 0 fully saturated rings. The molecule has 2 amide bonds. The van der Waals surface area contributed by atoms with Crippen molar-refractivity contribution in [2.45, 2.75) is 0 Å². The summed E-state index contributed by atoms with van der Waals surface area (Å²) in [6.45, 7) is 0. The van der Waals surface area contributed by atoms with E-state index in [1.165, 1.54) is 0 Å². The fraction of sp³-hybridized carbons (Fsp3) is 0. The Kier molecular flexibility index (Phi) is 5.34. The third-order valence-corrected chi connectivity index (χ3v) is 4.48. The molecular weight excluding hydrogens is 455 g/mol. The normalized spacial score (nSPS) is 10.3. The largest absolute Gasteiger partial charge is 0.287 e. The minimum atomic E-state index is -0.494. The molecule has 0 aliphatic carbocycles. The van der Waals surface area contributed by atoms with Gasteiger partial charge in [-0.2, -0.15) is 5.10 Å². The predicted octanol–water partition coefficient (Wildman–Crippen LogP) is 3.41. The smallest absolute Gasteiger partial charge is 0.272 e. The van der Waals surface area contributed by atoms with Gasteiger partial charge in [-0.05, 0) is 46.9 Å². The number of amides is 2. The number of carbonyl (C=O) groups excluding carboxylic acids is 2. The van der Waals surface area contributed by atoms with Crippen LogP contribution in [0.15, 0.2) is 54.6 Å². The average molecular weight is 467 g/mol. The molecule has 0 saturated heterocycles. The molecule has 0 spiro atoms. The Morgan fingerprint density at radius 1 is 1.00 bits per heavy atom. The van der Waals surface area contributed by atoms with Gasteiger partial charge in [0.2, 0.25) is 0 Å². The van der Waals surface area contributed by atoms with Crippen LogP contribution in [0.25, 0.3) is 11.3 Å². The Morgan fingerprint density at radius 2 is 1.72 bits per heavy atom. The predicted molar refractivity (Wildman–Crippen MR) is 103 cm³/mol. The molecule has 0 aliphatic rings. The van der Waals surface area contributed by atoms with Crippen molar-refractivity contribution in [3.8, 4) is 11.3 Å².